The number of nitrogens with zero attached hydrogens (tertiary/aromatic N) is 3. The number of hydrogen-bond acceptors (Lipinski definition) is 3. The van der Waals surface area contributed by atoms with Gasteiger partial charge in [0.25, 0.3) is 0 Å². The first-order valence-electron chi connectivity index (χ1n) is 6.73. The summed E-state index contributed by atoms with van der Waals surface area (Å²) in [6.45, 7) is 0. The molecule has 4 rings (SSSR count). The summed E-state index contributed by atoms with van der Waals surface area (Å²) in [6.07, 6.45) is 2.01. The number of methoxy groups -OCH3 is 1. The van der Waals surface area contributed by atoms with E-state index in [2.05, 4.69) is 9.97 Å². The molecule has 2 aromatic carbocycles. The van der Waals surface area contributed by atoms with E-state index in [0.717, 1.165) is 28.0 Å². The topological polar surface area (TPSA) is 39.4 Å². The molecule has 4 heteroatoms. The highest BCUT2D eigenvalue weighted by atomic mass is 16.5. The minimum absolute atomic E-state index is 0.705. The van der Waals surface area contributed by atoms with Crippen LogP contribution in [-0.4, -0.2) is 21.5 Å². The van der Waals surface area contributed by atoms with Crippen molar-refractivity contribution in [2.24, 2.45) is 0 Å². The highest BCUT2D eigenvalue weighted by molar-refractivity contribution is 5.80. The van der Waals surface area contributed by atoms with Crippen LogP contribution in [0.25, 0.3) is 28.1 Å². The van der Waals surface area contributed by atoms with Crippen molar-refractivity contribution in [3.63, 3.8) is 0 Å². The second kappa shape index (κ2) is 4.59. The molecular formula is C17H13N3O. The van der Waals surface area contributed by atoms with Crippen LogP contribution in [0.3, 0.4) is 0 Å². The Kier molecular flexibility index (Phi) is 2.60. The number of aromatic nitrogens is 3. The molecule has 4 aromatic rings. The van der Waals surface area contributed by atoms with Crippen molar-refractivity contribution in [2.75, 3.05) is 7.11 Å². The van der Waals surface area contributed by atoms with Crippen LogP contribution in [0.1, 0.15) is 0 Å². The summed E-state index contributed by atoms with van der Waals surface area (Å²) in [4.78, 5) is 9.22. The van der Waals surface area contributed by atoms with E-state index in [1.54, 1.807) is 7.11 Å². The molecule has 0 aliphatic rings. The predicted octanol–water partition coefficient (Wildman–Crippen LogP) is 3.56. The van der Waals surface area contributed by atoms with Gasteiger partial charge in [-0.25, -0.2) is 9.97 Å². The fourth-order valence-corrected chi connectivity index (χ4v) is 2.49. The molecule has 4 nitrogen and oxygen atoms in total. The van der Waals surface area contributed by atoms with Crippen LogP contribution in [-0.2, 0) is 0 Å². The van der Waals surface area contributed by atoms with E-state index in [-0.39, 0.29) is 0 Å². The third-order valence-corrected chi connectivity index (χ3v) is 3.54. The molecule has 102 valence electrons. The van der Waals surface area contributed by atoms with Gasteiger partial charge in [-0.2, -0.15) is 0 Å². The summed E-state index contributed by atoms with van der Waals surface area (Å²) >= 11 is 0. The van der Waals surface area contributed by atoms with Crippen LogP contribution >= 0.6 is 0 Å². The van der Waals surface area contributed by atoms with E-state index in [1.165, 1.54) is 0 Å². The summed E-state index contributed by atoms with van der Waals surface area (Å²) in [5.41, 5.74) is 3.92. The lowest BCUT2D eigenvalue weighted by atomic mass is 10.1. The Morgan fingerprint density at radius 1 is 0.952 bits per heavy atom. The van der Waals surface area contributed by atoms with Gasteiger partial charge < -0.3 is 4.74 Å². The first-order chi connectivity index (χ1) is 10.3. The zero-order valence-electron chi connectivity index (χ0n) is 11.5. The van der Waals surface area contributed by atoms with E-state index in [4.69, 9.17) is 4.74 Å². The lowest BCUT2D eigenvalue weighted by molar-refractivity contribution is 0.415. The number of para-hydroxylation sites is 2. The molecule has 2 heterocycles. The number of imidazole rings is 1. The van der Waals surface area contributed by atoms with Gasteiger partial charge in [-0.05, 0) is 30.3 Å². The maximum absolute atomic E-state index is 5.26. The van der Waals surface area contributed by atoms with Crippen LogP contribution in [0.5, 0.6) is 5.75 Å². The molecule has 0 unspecified atom stereocenters. The van der Waals surface area contributed by atoms with Crippen LogP contribution in [0.4, 0.5) is 0 Å². The number of hydrogen-bond donors (Lipinski definition) is 0. The van der Waals surface area contributed by atoms with Crippen molar-refractivity contribution in [3.05, 3.63) is 60.8 Å². The predicted molar refractivity (Wildman–Crippen MR) is 82.5 cm³/mol. The molecule has 0 saturated heterocycles. The molecule has 0 radical (unpaired) electrons. The van der Waals surface area contributed by atoms with Crippen molar-refractivity contribution in [1.29, 1.82) is 0 Å². The molecule has 0 aliphatic heterocycles. The van der Waals surface area contributed by atoms with Gasteiger partial charge in [-0.3, -0.25) is 4.40 Å². The summed E-state index contributed by atoms with van der Waals surface area (Å²) < 4.78 is 7.26. The lowest BCUT2D eigenvalue weighted by Gasteiger charge is -2.04. The molecule has 0 spiro atoms. The largest absolute Gasteiger partial charge is 0.497 e. The standard InChI is InChI=1S/C17H13N3O/c1-21-13-6-4-5-12(11-13)14-9-10-20-16-8-3-2-7-15(16)19-17(20)18-14/h2-11H,1H3. The van der Waals surface area contributed by atoms with Crippen molar-refractivity contribution < 1.29 is 4.74 Å². The molecule has 21 heavy (non-hydrogen) atoms. The monoisotopic (exact) mass is 275 g/mol. The zero-order valence-corrected chi connectivity index (χ0v) is 11.5. The molecule has 0 fully saturated rings. The first kappa shape index (κ1) is 11.9. The van der Waals surface area contributed by atoms with Gasteiger partial charge in [0, 0.05) is 11.8 Å². The van der Waals surface area contributed by atoms with Gasteiger partial charge in [0.15, 0.2) is 0 Å². The third kappa shape index (κ3) is 1.92. The molecule has 0 aliphatic carbocycles. The van der Waals surface area contributed by atoms with Crippen molar-refractivity contribution in [1.82, 2.24) is 14.4 Å². The summed E-state index contributed by atoms with van der Waals surface area (Å²) in [5, 5.41) is 0. The average molecular weight is 275 g/mol. The first-order valence-corrected chi connectivity index (χ1v) is 6.73. The van der Waals surface area contributed by atoms with Crippen molar-refractivity contribution in [3.8, 4) is 17.0 Å². The van der Waals surface area contributed by atoms with E-state index >= 15 is 0 Å². The normalized spacial score (nSPS) is 11.1. The average Bonchev–Trinajstić information content (AvgIpc) is 2.92. The highest BCUT2D eigenvalue weighted by Gasteiger charge is 2.07. The van der Waals surface area contributed by atoms with Gasteiger partial charge in [0.05, 0.1) is 23.8 Å². The second-order valence-electron chi connectivity index (χ2n) is 4.82. The van der Waals surface area contributed by atoms with Crippen LogP contribution in [0.15, 0.2) is 60.8 Å². The fraction of sp³-hybridized carbons (Fsp3) is 0.0588. The van der Waals surface area contributed by atoms with Crippen molar-refractivity contribution >= 4 is 16.8 Å². The summed E-state index contributed by atoms with van der Waals surface area (Å²) in [6, 6.07) is 17.9. The van der Waals surface area contributed by atoms with Crippen molar-refractivity contribution in [2.45, 2.75) is 0 Å². The Bertz CT molecular complexity index is 943. The Hall–Kier alpha value is -2.88. The Morgan fingerprint density at radius 3 is 2.76 bits per heavy atom. The van der Waals surface area contributed by atoms with Gasteiger partial charge in [-0.15, -0.1) is 0 Å². The van der Waals surface area contributed by atoms with Gasteiger partial charge >= 0.3 is 0 Å². The molecule has 0 atom stereocenters. The Balaban J connectivity index is 1.92. The van der Waals surface area contributed by atoms with Crippen LogP contribution in [0.2, 0.25) is 0 Å². The molecule has 0 bridgehead atoms. The smallest absolute Gasteiger partial charge is 0.235 e. The molecule has 0 saturated carbocycles. The lowest BCUT2D eigenvalue weighted by Crippen LogP contribution is -1.91. The Morgan fingerprint density at radius 2 is 1.86 bits per heavy atom. The number of ether oxygens (including phenoxy) is 1. The van der Waals surface area contributed by atoms with E-state index in [9.17, 15) is 0 Å². The minimum Gasteiger partial charge on any atom is -0.497 e. The number of fused-ring (bicyclic) bond motifs is 3. The van der Waals surface area contributed by atoms with Crippen LogP contribution in [0, 0.1) is 0 Å². The van der Waals surface area contributed by atoms with Gasteiger partial charge in [0.1, 0.15) is 5.75 Å². The summed E-state index contributed by atoms with van der Waals surface area (Å²) in [5.74, 6) is 1.53. The quantitative estimate of drug-likeness (QED) is 0.561. The molecule has 2 aromatic heterocycles. The Labute approximate surface area is 121 Å². The summed E-state index contributed by atoms with van der Waals surface area (Å²) in [7, 11) is 1.66. The fourth-order valence-electron chi connectivity index (χ4n) is 2.49. The third-order valence-electron chi connectivity index (χ3n) is 3.54. The highest BCUT2D eigenvalue weighted by Crippen LogP contribution is 2.23. The SMILES string of the molecule is COc1cccc(-c2ccn3c(n2)nc2ccccc23)c1. The molecule has 0 amide bonds. The zero-order chi connectivity index (χ0) is 14.2. The number of rotatable bonds is 2. The molecular weight excluding hydrogens is 262 g/mol. The van der Waals surface area contributed by atoms with Gasteiger partial charge in [-0.1, -0.05) is 24.3 Å². The second-order valence-corrected chi connectivity index (χ2v) is 4.82. The van der Waals surface area contributed by atoms with Crippen LogP contribution < -0.4 is 4.74 Å². The molecule has 0 N–H and O–H groups in total. The van der Waals surface area contributed by atoms with E-state index in [0.29, 0.717) is 5.78 Å². The van der Waals surface area contributed by atoms with E-state index in [1.807, 2.05) is 65.2 Å². The minimum atomic E-state index is 0.705. The van der Waals surface area contributed by atoms with E-state index < -0.39 is 0 Å². The maximum atomic E-state index is 5.26. The van der Waals surface area contributed by atoms with Gasteiger partial charge in [0.2, 0.25) is 5.78 Å². The maximum Gasteiger partial charge on any atom is 0.235 e. The number of benzene rings is 2.